The molecule has 0 aliphatic carbocycles. The highest BCUT2D eigenvalue weighted by molar-refractivity contribution is 9.10. The second kappa shape index (κ2) is 3.88. The number of rotatable bonds is 1. The van der Waals surface area contributed by atoms with Crippen LogP contribution in [0.2, 0.25) is 0 Å². The zero-order chi connectivity index (χ0) is 10.8. The summed E-state index contributed by atoms with van der Waals surface area (Å²) in [5.74, 6) is -0.413. The maximum absolute atomic E-state index is 11.8. The number of halogens is 4. The van der Waals surface area contributed by atoms with Gasteiger partial charge >= 0.3 is 6.36 Å². The maximum Gasteiger partial charge on any atom is 0.573 e. The van der Waals surface area contributed by atoms with E-state index < -0.39 is 12.1 Å². The molecule has 0 spiro atoms. The SMILES string of the molecule is N#Cc1cc(Br)cc(OC(F)(F)F)c1. The molecule has 0 saturated carbocycles. The van der Waals surface area contributed by atoms with Crippen LogP contribution in [0, 0.1) is 11.3 Å². The van der Waals surface area contributed by atoms with Crippen LogP contribution in [-0.2, 0) is 0 Å². The Morgan fingerprint density at radius 2 is 1.93 bits per heavy atom. The van der Waals surface area contributed by atoms with E-state index in [0.29, 0.717) is 4.47 Å². The van der Waals surface area contributed by atoms with Gasteiger partial charge in [-0.1, -0.05) is 15.9 Å². The molecule has 0 unspecified atom stereocenters. The lowest BCUT2D eigenvalue weighted by Gasteiger charge is -2.08. The lowest BCUT2D eigenvalue weighted by molar-refractivity contribution is -0.274. The molecule has 0 aliphatic rings. The quantitative estimate of drug-likeness (QED) is 0.781. The lowest BCUT2D eigenvalue weighted by Crippen LogP contribution is -2.17. The largest absolute Gasteiger partial charge is 0.573 e. The Morgan fingerprint density at radius 3 is 2.43 bits per heavy atom. The van der Waals surface area contributed by atoms with Gasteiger partial charge in [0.25, 0.3) is 0 Å². The van der Waals surface area contributed by atoms with Gasteiger partial charge in [0, 0.05) is 4.47 Å². The highest BCUT2D eigenvalue weighted by atomic mass is 79.9. The molecule has 1 aromatic carbocycles. The van der Waals surface area contributed by atoms with E-state index >= 15 is 0 Å². The lowest BCUT2D eigenvalue weighted by atomic mass is 10.2. The van der Waals surface area contributed by atoms with Gasteiger partial charge in [-0.2, -0.15) is 5.26 Å². The van der Waals surface area contributed by atoms with Crippen LogP contribution in [0.4, 0.5) is 13.2 Å². The van der Waals surface area contributed by atoms with Gasteiger partial charge in [0.05, 0.1) is 11.6 Å². The second-order valence-electron chi connectivity index (χ2n) is 2.34. The van der Waals surface area contributed by atoms with E-state index in [1.165, 1.54) is 6.07 Å². The highest BCUT2D eigenvalue weighted by Crippen LogP contribution is 2.26. The first-order chi connectivity index (χ1) is 6.40. The van der Waals surface area contributed by atoms with E-state index in [1.807, 2.05) is 0 Å². The van der Waals surface area contributed by atoms with Gasteiger partial charge in [0.1, 0.15) is 5.75 Å². The predicted octanol–water partition coefficient (Wildman–Crippen LogP) is 3.22. The summed E-state index contributed by atoms with van der Waals surface area (Å²) in [5.41, 5.74) is 0.0959. The molecule has 0 N–H and O–H groups in total. The number of nitriles is 1. The number of hydrogen-bond donors (Lipinski definition) is 0. The van der Waals surface area contributed by atoms with Gasteiger partial charge in [-0.25, -0.2) is 0 Å². The van der Waals surface area contributed by atoms with Crippen LogP contribution in [0.1, 0.15) is 5.56 Å². The maximum atomic E-state index is 11.8. The second-order valence-corrected chi connectivity index (χ2v) is 3.25. The van der Waals surface area contributed by atoms with Gasteiger partial charge in [-0.05, 0) is 18.2 Å². The molecule has 1 rings (SSSR count). The summed E-state index contributed by atoms with van der Waals surface area (Å²) in [5, 5.41) is 8.48. The predicted molar refractivity (Wildman–Crippen MR) is 45.5 cm³/mol. The van der Waals surface area contributed by atoms with Gasteiger partial charge in [-0.3, -0.25) is 0 Å². The summed E-state index contributed by atoms with van der Waals surface area (Å²) in [6.45, 7) is 0. The number of hydrogen-bond acceptors (Lipinski definition) is 2. The van der Waals surface area contributed by atoms with Gasteiger partial charge < -0.3 is 4.74 Å². The molecule has 74 valence electrons. The summed E-state index contributed by atoms with van der Waals surface area (Å²) in [6.07, 6.45) is -4.74. The Hall–Kier alpha value is -1.22. The minimum absolute atomic E-state index is 0.0959. The Balaban J connectivity index is 3.00. The van der Waals surface area contributed by atoms with E-state index in [4.69, 9.17) is 5.26 Å². The molecule has 2 nitrogen and oxygen atoms in total. The van der Waals surface area contributed by atoms with Gasteiger partial charge in [-0.15, -0.1) is 13.2 Å². The van der Waals surface area contributed by atoms with Crippen LogP contribution in [0.15, 0.2) is 22.7 Å². The summed E-state index contributed by atoms with van der Waals surface area (Å²) in [4.78, 5) is 0. The first kappa shape index (κ1) is 10.9. The van der Waals surface area contributed by atoms with Crippen molar-refractivity contribution >= 4 is 15.9 Å². The van der Waals surface area contributed by atoms with Crippen LogP contribution >= 0.6 is 15.9 Å². The van der Waals surface area contributed by atoms with E-state index in [-0.39, 0.29) is 5.56 Å². The fourth-order valence-corrected chi connectivity index (χ4v) is 1.29. The fourth-order valence-electron chi connectivity index (χ4n) is 0.820. The van der Waals surface area contributed by atoms with Crippen molar-refractivity contribution in [2.24, 2.45) is 0 Å². The van der Waals surface area contributed by atoms with E-state index in [1.54, 1.807) is 6.07 Å². The van der Waals surface area contributed by atoms with Crippen molar-refractivity contribution in [3.8, 4) is 11.8 Å². The smallest absolute Gasteiger partial charge is 0.406 e. The third kappa shape index (κ3) is 3.26. The highest BCUT2D eigenvalue weighted by Gasteiger charge is 2.31. The van der Waals surface area contributed by atoms with Crippen molar-refractivity contribution < 1.29 is 17.9 Å². The molecule has 1 aromatic rings. The monoisotopic (exact) mass is 265 g/mol. The molecule has 0 amide bonds. The molecule has 6 heteroatoms. The summed E-state index contributed by atoms with van der Waals surface area (Å²) >= 11 is 2.96. The molecule has 0 bridgehead atoms. The Bertz CT molecular complexity index is 383. The average Bonchev–Trinajstić information content (AvgIpc) is 1.99. The van der Waals surface area contributed by atoms with E-state index in [9.17, 15) is 13.2 Å². The number of ether oxygens (including phenoxy) is 1. The Labute approximate surface area is 86.0 Å². The van der Waals surface area contributed by atoms with E-state index in [0.717, 1.165) is 12.1 Å². The van der Waals surface area contributed by atoms with Crippen LogP contribution in [0.25, 0.3) is 0 Å². The van der Waals surface area contributed by atoms with Crippen molar-refractivity contribution in [2.75, 3.05) is 0 Å². The normalized spacial score (nSPS) is 10.8. The Kier molecular flexibility index (Phi) is 3.01. The standard InChI is InChI=1S/C8H3BrF3NO/c9-6-1-5(4-13)2-7(3-6)14-8(10,11)12/h1-3H. The van der Waals surface area contributed by atoms with Crippen molar-refractivity contribution in [1.82, 2.24) is 0 Å². The zero-order valence-corrected chi connectivity index (χ0v) is 8.19. The third-order valence-electron chi connectivity index (χ3n) is 1.23. The van der Waals surface area contributed by atoms with Crippen molar-refractivity contribution in [3.63, 3.8) is 0 Å². The number of alkyl halides is 3. The van der Waals surface area contributed by atoms with Crippen LogP contribution in [0.3, 0.4) is 0 Å². The molecule has 0 fully saturated rings. The molecule has 0 atom stereocenters. The molecule has 14 heavy (non-hydrogen) atoms. The zero-order valence-electron chi connectivity index (χ0n) is 6.60. The Morgan fingerprint density at radius 1 is 1.29 bits per heavy atom. The number of nitrogens with zero attached hydrogens (tertiary/aromatic N) is 1. The van der Waals surface area contributed by atoms with Crippen LogP contribution in [-0.4, -0.2) is 6.36 Å². The summed E-state index contributed by atoms with van der Waals surface area (Å²) in [7, 11) is 0. The molecular formula is C8H3BrF3NO. The minimum Gasteiger partial charge on any atom is -0.406 e. The summed E-state index contributed by atoms with van der Waals surface area (Å²) in [6, 6.07) is 5.25. The summed E-state index contributed by atoms with van der Waals surface area (Å²) < 4.78 is 39.4. The average molecular weight is 266 g/mol. The first-order valence-corrected chi connectivity index (χ1v) is 4.16. The molecule has 0 radical (unpaired) electrons. The van der Waals surface area contributed by atoms with Crippen molar-refractivity contribution in [2.45, 2.75) is 6.36 Å². The van der Waals surface area contributed by atoms with Gasteiger partial charge in [0.2, 0.25) is 0 Å². The topological polar surface area (TPSA) is 33.0 Å². The van der Waals surface area contributed by atoms with Crippen molar-refractivity contribution in [1.29, 1.82) is 5.26 Å². The number of benzene rings is 1. The van der Waals surface area contributed by atoms with E-state index in [2.05, 4.69) is 20.7 Å². The van der Waals surface area contributed by atoms with Crippen molar-refractivity contribution in [3.05, 3.63) is 28.2 Å². The molecule has 0 aromatic heterocycles. The molecule has 0 saturated heterocycles. The minimum atomic E-state index is -4.74. The molecule has 0 heterocycles. The van der Waals surface area contributed by atoms with Crippen LogP contribution < -0.4 is 4.74 Å². The molecular weight excluding hydrogens is 263 g/mol. The van der Waals surface area contributed by atoms with Gasteiger partial charge in [0.15, 0.2) is 0 Å². The first-order valence-electron chi connectivity index (χ1n) is 3.37. The molecule has 0 aliphatic heterocycles. The van der Waals surface area contributed by atoms with Crippen LogP contribution in [0.5, 0.6) is 5.75 Å². The third-order valence-corrected chi connectivity index (χ3v) is 1.69. The fraction of sp³-hybridized carbons (Fsp3) is 0.125.